The van der Waals surface area contributed by atoms with Gasteiger partial charge in [0.15, 0.2) is 5.69 Å². The van der Waals surface area contributed by atoms with Crippen molar-refractivity contribution in [1.82, 2.24) is 14.7 Å². The molecule has 0 saturated heterocycles. The minimum Gasteiger partial charge on any atom is -0.345 e. The van der Waals surface area contributed by atoms with Crippen molar-refractivity contribution in [3.05, 3.63) is 77.5 Å². The number of benzene rings is 2. The molecular weight excluding hydrogens is 355 g/mol. The number of hydrogen-bond donors (Lipinski definition) is 0. The van der Waals surface area contributed by atoms with E-state index in [0.717, 1.165) is 11.6 Å². The highest BCUT2D eigenvalue weighted by Crippen LogP contribution is 2.32. The zero-order valence-electron chi connectivity index (χ0n) is 14.9. The predicted molar refractivity (Wildman–Crippen MR) is 96.2 cm³/mol. The Bertz CT molecular complexity index is 929. The van der Waals surface area contributed by atoms with Gasteiger partial charge in [0.1, 0.15) is 0 Å². The largest absolute Gasteiger partial charge is 0.435 e. The summed E-state index contributed by atoms with van der Waals surface area (Å²) in [6, 6.07) is 16.7. The molecule has 1 heterocycles. The third kappa shape index (κ3) is 4.19. The van der Waals surface area contributed by atoms with E-state index in [1.807, 2.05) is 30.3 Å². The number of carbonyl (C=O) groups is 1. The van der Waals surface area contributed by atoms with Crippen LogP contribution in [0, 0.1) is 0 Å². The number of amides is 1. The van der Waals surface area contributed by atoms with Crippen LogP contribution in [0.5, 0.6) is 0 Å². The van der Waals surface area contributed by atoms with Gasteiger partial charge in [0, 0.05) is 19.7 Å². The van der Waals surface area contributed by atoms with Crippen LogP contribution in [0.25, 0.3) is 11.3 Å². The van der Waals surface area contributed by atoms with Crippen LogP contribution in [0.4, 0.5) is 13.2 Å². The molecule has 2 aromatic carbocycles. The van der Waals surface area contributed by atoms with Crippen LogP contribution in [0.1, 0.15) is 21.6 Å². The Morgan fingerprint density at radius 2 is 1.67 bits per heavy atom. The van der Waals surface area contributed by atoms with E-state index >= 15 is 0 Å². The zero-order valence-corrected chi connectivity index (χ0v) is 14.9. The SMILES string of the molecule is CN(C)C(=O)c1ccc(-c2cc(C(F)(F)F)nn2Cc2ccccc2)cc1. The molecule has 0 atom stereocenters. The third-order valence-corrected chi connectivity index (χ3v) is 4.08. The minimum absolute atomic E-state index is 0.171. The van der Waals surface area contributed by atoms with Crippen molar-refractivity contribution in [2.24, 2.45) is 0 Å². The number of hydrogen-bond acceptors (Lipinski definition) is 2. The van der Waals surface area contributed by atoms with Gasteiger partial charge in [0.2, 0.25) is 0 Å². The number of aromatic nitrogens is 2. The summed E-state index contributed by atoms with van der Waals surface area (Å²) >= 11 is 0. The van der Waals surface area contributed by atoms with Gasteiger partial charge in [-0.2, -0.15) is 18.3 Å². The van der Waals surface area contributed by atoms with Crippen molar-refractivity contribution >= 4 is 5.91 Å². The van der Waals surface area contributed by atoms with E-state index < -0.39 is 11.9 Å². The Balaban J connectivity index is 2.00. The topological polar surface area (TPSA) is 38.1 Å². The maximum absolute atomic E-state index is 13.2. The Labute approximate surface area is 154 Å². The Hall–Kier alpha value is -3.09. The number of halogens is 3. The van der Waals surface area contributed by atoms with Crippen molar-refractivity contribution in [2.45, 2.75) is 12.7 Å². The molecular formula is C20H18F3N3O. The lowest BCUT2D eigenvalue weighted by Gasteiger charge is -2.11. The van der Waals surface area contributed by atoms with Gasteiger partial charge in [-0.3, -0.25) is 9.48 Å². The second-order valence-corrected chi connectivity index (χ2v) is 6.33. The maximum Gasteiger partial charge on any atom is 0.435 e. The summed E-state index contributed by atoms with van der Waals surface area (Å²) in [6.45, 7) is 0.213. The fourth-order valence-corrected chi connectivity index (χ4v) is 2.71. The number of alkyl halides is 3. The van der Waals surface area contributed by atoms with E-state index in [-0.39, 0.29) is 12.5 Å². The van der Waals surface area contributed by atoms with Gasteiger partial charge in [0.25, 0.3) is 5.91 Å². The van der Waals surface area contributed by atoms with Gasteiger partial charge in [-0.25, -0.2) is 0 Å². The molecule has 0 radical (unpaired) electrons. The molecule has 0 aliphatic carbocycles. The summed E-state index contributed by atoms with van der Waals surface area (Å²) < 4.78 is 40.8. The predicted octanol–water partition coefficient (Wildman–Crippen LogP) is 4.32. The molecule has 1 amide bonds. The van der Waals surface area contributed by atoms with Gasteiger partial charge in [0.05, 0.1) is 12.2 Å². The molecule has 0 spiro atoms. The van der Waals surface area contributed by atoms with Gasteiger partial charge >= 0.3 is 6.18 Å². The van der Waals surface area contributed by atoms with Crippen LogP contribution in [0.15, 0.2) is 60.7 Å². The quantitative estimate of drug-likeness (QED) is 0.683. The summed E-state index contributed by atoms with van der Waals surface area (Å²) in [5, 5.41) is 3.76. The minimum atomic E-state index is -4.53. The molecule has 27 heavy (non-hydrogen) atoms. The summed E-state index contributed by atoms with van der Waals surface area (Å²) in [6.07, 6.45) is -4.53. The number of carbonyl (C=O) groups excluding carboxylic acids is 1. The molecule has 0 saturated carbocycles. The molecule has 3 rings (SSSR count). The number of nitrogens with zero attached hydrogens (tertiary/aromatic N) is 3. The maximum atomic E-state index is 13.2. The standard InChI is InChI=1S/C20H18F3N3O/c1-25(2)19(27)16-10-8-15(9-11-16)17-12-18(20(21,22)23)24-26(17)13-14-6-4-3-5-7-14/h3-12H,13H2,1-2H3. The third-order valence-electron chi connectivity index (χ3n) is 4.08. The Kier molecular flexibility index (Phi) is 5.03. The summed E-state index contributed by atoms with van der Waals surface area (Å²) in [4.78, 5) is 13.4. The van der Waals surface area contributed by atoms with Gasteiger partial charge in [-0.1, -0.05) is 42.5 Å². The van der Waals surface area contributed by atoms with Crippen molar-refractivity contribution in [2.75, 3.05) is 14.1 Å². The van der Waals surface area contributed by atoms with Crippen LogP contribution in [-0.2, 0) is 12.7 Å². The Morgan fingerprint density at radius 3 is 2.22 bits per heavy atom. The highest BCUT2D eigenvalue weighted by Gasteiger charge is 2.35. The molecule has 140 valence electrons. The first-order valence-corrected chi connectivity index (χ1v) is 8.27. The van der Waals surface area contributed by atoms with E-state index in [2.05, 4.69) is 5.10 Å². The molecule has 0 bridgehead atoms. The molecule has 3 aromatic rings. The van der Waals surface area contributed by atoms with Crippen molar-refractivity contribution in [1.29, 1.82) is 0 Å². The zero-order chi connectivity index (χ0) is 19.6. The smallest absolute Gasteiger partial charge is 0.345 e. The molecule has 7 heteroatoms. The van der Waals surface area contributed by atoms with Crippen molar-refractivity contribution < 1.29 is 18.0 Å². The van der Waals surface area contributed by atoms with Gasteiger partial charge in [-0.05, 0) is 29.3 Å². The van der Waals surface area contributed by atoms with Gasteiger partial charge < -0.3 is 4.90 Å². The molecule has 0 aliphatic rings. The fraction of sp³-hybridized carbons (Fsp3) is 0.200. The summed E-state index contributed by atoms with van der Waals surface area (Å²) in [7, 11) is 3.28. The van der Waals surface area contributed by atoms with Crippen LogP contribution in [0.3, 0.4) is 0 Å². The van der Waals surface area contributed by atoms with E-state index in [4.69, 9.17) is 0 Å². The van der Waals surface area contributed by atoms with Crippen LogP contribution in [-0.4, -0.2) is 34.7 Å². The van der Waals surface area contributed by atoms with E-state index in [9.17, 15) is 18.0 Å². The normalized spacial score (nSPS) is 11.4. The van der Waals surface area contributed by atoms with Crippen LogP contribution >= 0.6 is 0 Å². The van der Waals surface area contributed by atoms with Crippen LogP contribution in [0.2, 0.25) is 0 Å². The fourth-order valence-electron chi connectivity index (χ4n) is 2.71. The van der Waals surface area contributed by atoms with Crippen molar-refractivity contribution in [3.8, 4) is 11.3 Å². The lowest BCUT2D eigenvalue weighted by molar-refractivity contribution is -0.141. The Morgan fingerprint density at radius 1 is 1.04 bits per heavy atom. The lowest BCUT2D eigenvalue weighted by atomic mass is 10.1. The molecule has 1 aromatic heterocycles. The first-order valence-electron chi connectivity index (χ1n) is 8.27. The number of rotatable bonds is 4. The monoisotopic (exact) mass is 373 g/mol. The highest BCUT2D eigenvalue weighted by molar-refractivity contribution is 5.94. The molecule has 0 unspecified atom stereocenters. The van der Waals surface area contributed by atoms with E-state index in [1.54, 1.807) is 38.4 Å². The highest BCUT2D eigenvalue weighted by atomic mass is 19.4. The average molecular weight is 373 g/mol. The lowest BCUT2D eigenvalue weighted by Crippen LogP contribution is -2.21. The summed E-state index contributed by atoms with van der Waals surface area (Å²) in [5.74, 6) is -0.171. The molecule has 4 nitrogen and oxygen atoms in total. The van der Waals surface area contributed by atoms with E-state index in [1.165, 1.54) is 9.58 Å². The second-order valence-electron chi connectivity index (χ2n) is 6.33. The van der Waals surface area contributed by atoms with E-state index in [0.29, 0.717) is 16.8 Å². The first-order chi connectivity index (χ1) is 12.8. The van der Waals surface area contributed by atoms with Crippen LogP contribution < -0.4 is 0 Å². The van der Waals surface area contributed by atoms with Gasteiger partial charge in [-0.15, -0.1) is 0 Å². The average Bonchev–Trinajstić information content (AvgIpc) is 3.06. The van der Waals surface area contributed by atoms with Crippen molar-refractivity contribution in [3.63, 3.8) is 0 Å². The second kappa shape index (κ2) is 7.26. The molecule has 0 fully saturated rings. The first kappa shape index (κ1) is 18.7. The molecule has 0 N–H and O–H groups in total. The molecule has 0 aliphatic heterocycles. The summed E-state index contributed by atoms with van der Waals surface area (Å²) in [5.41, 5.74) is 1.27.